The first-order valence-corrected chi connectivity index (χ1v) is 7.82. The van der Waals surface area contributed by atoms with Gasteiger partial charge in [0.15, 0.2) is 11.5 Å². The highest BCUT2D eigenvalue weighted by Gasteiger charge is 2.17. The Balaban J connectivity index is 2.12. The van der Waals surface area contributed by atoms with Gasteiger partial charge in [0, 0.05) is 22.8 Å². The van der Waals surface area contributed by atoms with Crippen LogP contribution in [0.4, 0.5) is 0 Å². The topological polar surface area (TPSA) is 75.9 Å². The summed E-state index contributed by atoms with van der Waals surface area (Å²) in [4.78, 5) is 25.9. The summed E-state index contributed by atoms with van der Waals surface area (Å²) < 4.78 is 1.34. The smallest absolute Gasteiger partial charge is 0.297 e. The third-order valence-corrected chi connectivity index (χ3v) is 4.79. The Kier molecular flexibility index (Phi) is 2.83. The largest absolute Gasteiger partial charge is 0.349 e. The lowest BCUT2D eigenvalue weighted by molar-refractivity contribution is 0.886. The van der Waals surface area contributed by atoms with E-state index in [1.165, 1.54) is 15.0 Å². The van der Waals surface area contributed by atoms with Crippen LogP contribution in [0.2, 0.25) is 0 Å². The van der Waals surface area contributed by atoms with Crippen LogP contribution in [0, 0.1) is 6.92 Å². The number of fused-ring (bicyclic) bond motifs is 3. The fourth-order valence-corrected chi connectivity index (χ4v) is 3.84. The number of H-pyrrole nitrogens is 1. The van der Waals surface area contributed by atoms with Gasteiger partial charge in [-0.05, 0) is 31.0 Å². The van der Waals surface area contributed by atoms with Crippen LogP contribution in [0.15, 0.2) is 29.3 Å². The molecule has 4 aromatic heterocycles. The molecule has 0 radical (unpaired) electrons. The van der Waals surface area contributed by atoms with Gasteiger partial charge in [-0.25, -0.2) is 9.78 Å². The van der Waals surface area contributed by atoms with E-state index in [2.05, 4.69) is 33.9 Å². The normalized spacial score (nSPS) is 11.5. The van der Waals surface area contributed by atoms with Crippen LogP contribution in [0.1, 0.15) is 17.4 Å². The van der Waals surface area contributed by atoms with Gasteiger partial charge in [-0.1, -0.05) is 6.92 Å². The second kappa shape index (κ2) is 4.74. The lowest BCUT2D eigenvalue weighted by Gasteiger charge is -1.97. The van der Waals surface area contributed by atoms with Crippen LogP contribution >= 0.6 is 11.3 Å². The maximum atomic E-state index is 12.2. The third-order valence-electron chi connectivity index (χ3n) is 3.73. The molecule has 4 rings (SSSR count). The van der Waals surface area contributed by atoms with E-state index >= 15 is 0 Å². The minimum atomic E-state index is -0.269. The molecule has 0 aliphatic carbocycles. The first-order chi connectivity index (χ1) is 10.7. The van der Waals surface area contributed by atoms with Gasteiger partial charge in [-0.2, -0.15) is 4.52 Å². The molecule has 0 saturated heterocycles. The van der Waals surface area contributed by atoms with Crippen LogP contribution in [0.3, 0.4) is 0 Å². The molecule has 4 aromatic rings. The molecule has 0 aliphatic rings. The molecule has 0 amide bonds. The molecule has 7 heteroatoms. The Morgan fingerprint density at radius 3 is 3.00 bits per heavy atom. The molecule has 110 valence electrons. The third kappa shape index (κ3) is 1.79. The number of aromatic amines is 1. The minimum Gasteiger partial charge on any atom is -0.297 e. The van der Waals surface area contributed by atoms with Gasteiger partial charge in [-0.3, -0.25) is 9.97 Å². The van der Waals surface area contributed by atoms with E-state index in [9.17, 15) is 4.79 Å². The van der Waals surface area contributed by atoms with E-state index in [4.69, 9.17) is 0 Å². The molecule has 0 aromatic carbocycles. The summed E-state index contributed by atoms with van der Waals surface area (Å²) >= 11 is 1.59. The average Bonchev–Trinajstić information content (AvgIpc) is 3.09. The van der Waals surface area contributed by atoms with Gasteiger partial charge in [0.2, 0.25) is 0 Å². The number of hydrogen-bond donors (Lipinski definition) is 1. The Hall–Kier alpha value is -2.54. The van der Waals surface area contributed by atoms with E-state index in [1.807, 2.05) is 12.1 Å². The van der Waals surface area contributed by atoms with Crippen molar-refractivity contribution in [2.45, 2.75) is 20.3 Å². The molecule has 0 unspecified atom stereocenters. The van der Waals surface area contributed by atoms with Crippen molar-refractivity contribution >= 4 is 27.2 Å². The lowest BCUT2D eigenvalue weighted by atomic mass is 10.1. The molecule has 0 fully saturated rings. The zero-order valence-corrected chi connectivity index (χ0v) is 12.9. The van der Waals surface area contributed by atoms with E-state index in [-0.39, 0.29) is 5.69 Å². The molecular formula is C15H13N5OS. The molecule has 0 spiro atoms. The Bertz CT molecular complexity index is 1040. The zero-order chi connectivity index (χ0) is 15.3. The summed E-state index contributed by atoms with van der Waals surface area (Å²) in [5.41, 5.74) is 2.35. The van der Waals surface area contributed by atoms with Gasteiger partial charge in [0.25, 0.3) is 0 Å². The predicted molar refractivity (Wildman–Crippen MR) is 86.3 cm³/mol. The standard InChI is InChI=1S/C15H13N5OS/c1-3-10-8(2)22-14-11(10)13-17-12(9-5-4-6-16-7-9)19-20(13)15(21)18-14/h4-7H,3H2,1-2H3,(H,18,21). The highest BCUT2D eigenvalue weighted by atomic mass is 32.1. The molecule has 0 aliphatic heterocycles. The van der Waals surface area contributed by atoms with Gasteiger partial charge >= 0.3 is 5.69 Å². The number of aromatic nitrogens is 5. The van der Waals surface area contributed by atoms with Gasteiger partial charge in [-0.15, -0.1) is 16.4 Å². The fourth-order valence-electron chi connectivity index (χ4n) is 2.71. The molecule has 1 N–H and O–H groups in total. The van der Waals surface area contributed by atoms with Crippen molar-refractivity contribution in [3.63, 3.8) is 0 Å². The maximum Gasteiger partial charge on any atom is 0.349 e. The number of pyridine rings is 1. The molecule has 6 nitrogen and oxygen atoms in total. The highest BCUT2D eigenvalue weighted by molar-refractivity contribution is 7.18. The Morgan fingerprint density at radius 2 is 2.27 bits per heavy atom. The second-order valence-electron chi connectivity index (χ2n) is 5.04. The molecule has 0 bridgehead atoms. The predicted octanol–water partition coefficient (Wildman–Crippen LogP) is 2.57. The lowest BCUT2D eigenvalue weighted by Crippen LogP contribution is -2.17. The number of nitrogens with one attached hydrogen (secondary N) is 1. The van der Waals surface area contributed by atoms with E-state index in [0.29, 0.717) is 11.5 Å². The SMILES string of the molecule is CCc1c(C)sc2[nH]c(=O)n3nc(-c4cccnc4)nc3c12. The summed E-state index contributed by atoms with van der Waals surface area (Å²) in [7, 11) is 0. The number of hydrogen-bond acceptors (Lipinski definition) is 5. The number of rotatable bonds is 2. The van der Waals surface area contributed by atoms with Crippen molar-refractivity contribution in [1.82, 2.24) is 24.6 Å². The van der Waals surface area contributed by atoms with Crippen molar-refractivity contribution in [2.24, 2.45) is 0 Å². The molecule has 4 heterocycles. The van der Waals surface area contributed by atoms with Gasteiger partial charge in [0.1, 0.15) is 4.83 Å². The van der Waals surface area contributed by atoms with Crippen LogP contribution < -0.4 is 5.69 Å². The zero-order valence-electron chi connectivity index (χ0n) is 12.1. The monoisotopic (exact) mass is 311 g/mol. The highest BCUT2D eigenvalue weighted by Crippen LogP contribution is 2.31. The van der Waals surface area contributed by atoms with Crippen molar-refractivity contribution in [2.75, 3.05) is 0 Å². The fraction of sp³-hybridized carbons (Fsp3) is 0.200. The quantitative estimate of drug-likeness (QED) is 0.617. The van der Waals surface area contributed by atoms with Crippen LogP contribution in [-0.4, -0.2) is 24.6 Å². The summed E-state index contributed by atoms with van der Waals surface area (Å²) in [5, 5.41) is 5.34. The minimum absolute atomic E-state index is 0.269. The Labute approximate surface area is 129 Å². The molecule has 0 saturated carbocycles. The summed E-state index contributed by atoms with van der Waals surface area (Å²) in [5.74, 6) is 0.511. The van der Waals surface area contributed by atoms with Crippen LogP contribution in [0.25, 0.3) is 27.3 Å². The van der Waals surface area contributed by atoms with Crippen molar-refractivity contribution in [1.29, 1.82) is 0 Å². The van der Waals surface area contributed by atoms with Crippen molar-refractivity contribution in [3.05, 3.63) is 45.5 Å². The van der Waals surface area contributed by atoms with E-state index in [1.54, 1.807) is 23.7 Å². The first-order valence-electron chi connectivity index (χ1n) is 7.00. The Morgan fingerprint density at radius 1 is 1.41 bits per heavy atom. The average molecular weight is 311 g/mol. The summed E-state index contributed by atoms with van der Waals surface area (Å²) in [6.07, 6.45) is 4.28. The van der Waals surface area contributed by atoms with Crippen LogP contribution in [0.5, 0.6) is 0 Å². The van der Waals surface area contributed by atoms with Crippen molar-refractivity contribution in [3.8, 4) is 11.4 Å². The van der Waals surface area contributed by atoms with Gasteiger partial charge < -0.3 is 0 Å². The maximum absolute atomic E-state index is 12.2. The van der Waals surface area contributed by atoms with Crippen LogP contribution in [-0.2, 0) is 6.42 Å². The van der Waals surface area contributed by atoms with E-state index < -0.39 is 0 Å². The van der Waals surface area contributed by atoms with E-state index in [0.717, 1.165) is 22.2 Å². The molecule has 22 heavy (non-hydrogen) atoms. The summed E-state index contributed by atoms with van der Waals surface area (Å²) in [6.45, 7) is 4.17. The first kappa shape index (κ1) is 13.1. The van der Waals surface area contributed by atoms with Crippen molar-refractivity contribution < 1.29 is 0 Å². The summed E-state index contributed by atoms with van der Waals surface area (Å²) in [6, 6.07) is 3.71. The molecular weight excluding hydrogens is 298 g/mol. The number of thiophene rings is 1. The van der Waals surface area contributed by atoms with Gasteiger partial charge in [0.05, 0.1) is 5.39 Å². The number of nitrogens with zero attached hydrogens (tertiary/aromatic N) is 4. The second-order valence-corrected chi connectivity index (χ2v) is 6.26. The molecule has 0 atom stereocenters. The number of aryl methyl sites for hydroxylation is 2.